The molecule has 2 amide bonds. The average molecular weight is 510 g/mol. The van der Waals surface area contributed by atoms with Gasteiger partial charge in [-0.2, -0.15) is 16.9 Å². The number of rotatable bonds is 11. The van der Waals surface area contributed by atoms with E-state index in [1.165, 1.54) is 11.1 Å². The summed E-state index contributed by atoms with van der Waals surface area (Å²) in [4.78, 5) is 24.4. The minimum absolute atomic E-state index is 0.0944. The molecular weight excluding hydrogens is 482 g/mol. The standard InChI is InChI=1S/C30H27N3O3S/c34-29(32-27-9-5-2-6-10-27)20-36-28-17-13-23(14-18-28)19-31-33-30(35)26-15-11-25(12-16-26)22-37-21-24-7-3-1-4-8-24/h1-19H,20-22H2,(H,32,34)(H,33,35)/b31-19+. The summed E-state index contributed by atoms with van der Waals surface area (Å²) >= 11 is 1.84. The van der Waals surface area contributed by atoms with Crippen LogP contribution in [0.25, 0.3) is 0 Å². The summed E-state index contributed by atoms with van der Waals surface area (Å²) in [7, 11) is 0. The van der Waals surface area contributed by atoms with Gasteiger partial charge in [0.05, 0.1) is 6.21 Å². The van der Waals surface area contributed by atoms with Crippen molar-refractivity contribution >= 4 is 35.5 Å². The first-order valence-corrected chi connectivity index (χ1v) is 12.9. The number of para-hydroxylation sites is 1. The van der Waals surface area contributed by atoms with Crippen molar-refractivity contribution in [2.45, 2.75) is 11.5 Å². The van der Waals surface area contributed by atoms with Crippen LogP contribution in [-0.2, 0) is 16.3 Å². The Hall–Kier alpha value is -4.36. The molecule has 0 saturated heterocycles. The van der Waals surface area contributed by atoms with E-state index in [1.54, 1.807) is 30.5 Å². The van der Waals surface area contributed by atoms with Gasteiger partial charge in [-0.3, -0.25) is 9.59 Å². The number of amides is 2. The second-order valence-electron chi connectivity index (χ2n) is 8.15. The second-order valence-corrected chi connectivity index (χ2v) is 9.13. The summed E-state index contributed by atoms with van der Waals surface area (Å²) in [6.07, 6.45) is 1.55. The summed E-state index contributed by atoms with van der Waals surface area (Å²) in [6, 6.07) is 34.2. The molecule has 37 heavy (non-hydrogen) atoms. The number of hydrazone groups is 1. The zero-order chi connectivity index (χ0) is 25.7. The van der Waals surface area contributed by atoms with Gasteiger partial charge in [0.25, 0.3) is 11.8 Å². The fourth-order valence-electron chi connectivity index (χ4n) is 3.36. The van der Waals surface area contributed by atoms with Gasteiger partial charge in [-0.05, 0) is 65.2 Å². The molecule has 2 N–H and O–H groups in total. The molecule has 4 aromatic carbocycles. The molecule has 0 radical (unpaired) electrons. The van der Waals surface area contributed by atoms with E-state index >= 15 is 0 Å². The predicted molar refractivity (Wildman–Crippen MR) is 150 cm³/mol. The van der Waals surface area contributed by atoms with E-state index in [4.69, 9.17) is 4.74 Å². The molecule has 0 aromatic heterocycles. The summed E-state index contributed by atoms with van der Waals surface area (Å²) in [5.41, 5.74) is 7.07. The molecule has 0 saturated carbocycles. The molecule has 0 unspecified atom stereocenters. The summed E-state index contributed by atoms with van der Waals surface area (Å²) in [5, 5.41) is 6.81. The number of benzene rings is 4. The van der Waals surface area contributed by atoms with Crippen LogP contribution < -0.4 is 15.5 Å². The number of hydrogen-bond acceptors (Lipinski definition) is 5. The van der Waals surface area contributed by atoms with E-state index in [0.717, 1.165) is 22.8 Å². The Morgan fingerprint density at radius 3 is 2.05 bits per heavy atom. The van der Waals surface area contributed by atoms with Crippen molar-refractivity contribution < 1.29 is 14.3 Å². The van der Waals surface area contributed by atoms with Crippen molar-refractivity contribution in [3.63, 3.8) is 0 Å². The SMILES string of the molecule is O=C(COc1ccc(/C=N/NC(=O)c2ccc(CSCc3ccccc3)cc2)cc1)Nc1ccccc1. The highest BCUT2D eigenvalue weighted by molar-refractivity contribution is 7.97. The Kier molecular flexibility index (Phi) is 9.49. The molecule has 4 aromatic rings. The number of nitrogens with one attached hydrogen (secondary N) is 2. The van der Waals surface area contributed by atoms with Crippen LogP contribution >= 0.6 is 11.8 Å². The first-order chi connectivity index (χ1) is 18.2. The molecule has 0 aliphatic rings. The Labute approximate surface area is 220 Å². The highest BCUT2D eigenvalue weighted by atomic mass is 32.2. The third kappa shape index (κ3) is 8.66. The van der Waals surface area contributed by atoms with Crippen LogP contribution in [-0.4, -0.2) is 24.6 Å². The predicted octanol–water partition coefficient (Wildman–Crippen LogP) is 5.90. The monoisotopic (exact) mass is 509 g/mol. The second kappa shape index (κ2) is 13.7. The van der Waals surface area contributed by atoms with Gasteiger partial charge < -0.3 is 10.1 Å². The number of carbonyl (C=O) groups is 2. The molecule has 0 aliphatic carbocycles. The van der Waals surface area contributed by atoms with Gasteiger partial charge in [0.2, 0.25) is 0 Å². The average Bonchev–Trinajstić information content (AvgIpc) is 2.94. The van der Waals surface area contributed by atoms with Gasteiger partial charge in [-0.1, -0.05) is 60.7 Å². The molecular formula is C30H27N3O3S. The smallest absolute Gasteiger partial charge is 0.271 e. The van der Waals surface area contributed by atoms with Crippen LogP contribution in [0.2, 0.25) is 0 Å². The molecule has 0 atom stereocenters. The van der Waals surface area contributed by atoms with E-state index in [-0.39, 0.29) is 18.4 Å². The Balaban J connectivity index is 1.18. The van der Waals surface area contributed by atoms with E-state index < -0.39 is 0 Å². The van der Waals surface area contributed by atoms with E-state index in [1.807, 2.05) is 84.6 Å². The number of ether oxygens (including phenoxy) is 1. The third-order valence-electron chi connectivity index (χ3n) is 5.28. The minimum atomic E-state index is -0.274. The lowest BCUT2D eigenvalue weighted by Crippen LogP contribution is -2.20. The van der Waals surface area contributed by atoms with Crippen LogP contribution in [0.5, 0.6) is 5.75 Å². The van der Waals surface area contributed by atoms with Crippen LogP contribution in [0.3, 0.4) is 0 Å². The number of nitrogens with zero attached hydrogens (tertiary/aromatic N) is 1. The molecule has 0 fully saturated rings. The van der Waals surface area contributed by atoms with Crippen LogP contribution in [0.15, 0.2) is 114 Å². The number of anilines is 1. The Bertz CT molecular complexity index is 1310. The fraction of sp³-hybridized carbons (Fsp3) is 0.100. The van der Waals surface area contributed by atoms with Crippen molar-refractivity contribution in [1.82, 2.24) is 5.43 Å². The van der Waals surface area contributed by atoms with Crippen molar-refractivity contribution in [2.24, 2.45) is 5.10 Å². The normalized spacial score (nSPS) is 10.7. The Morgan fingerprint density at radius 2 is 1.38 bits per heavy atom. The zero-order valence-corrected chi connectivity index (χ0v) is 21.0. The molecule has 0 spiro atoms. The molecule has 0 bridgehead atoms. The van der Waals surface area contributed by atoms with Crippen LogP contribution in [0.4, 0.5) is 5.69 Å². The van der Waals surface area contributed by atoms with Gasteiger partial charge in [0.15, 0.2) is 6.61 Å². The highest BCUT2D eigenvalue weighted by Crippen LogP contribution is 2.18. The first kappa shape index (κ1) is 25.7. The zero-order valence-electron chi connectivity index (χ0n) is 20.2. The van der Waals surface area contributed by atoms with E-state index in [9.17, 15) is 9.59 Å². The van der Waals surface area contributed by atoms with E-state index in [0.29, 0.717) is 11.3 Å². The van der Waals surface area contributed by atoms with Crippen LogP contribution in [0.1, 0.15) is 27.0 Å². The molecule has 0 heterocycles. The van der Waals surface area contributed by atoms with Gasteiger partial charge in [-0.25, -0.2) is 5.43 Å². The maximum Gasteiger partial charge on any atom is 0.271 e. The molecule has 186 valence electrons. The van der Waals surface area contributed by atoms with Crippen molar-refractivity contribution in [3.05, 3.63) is 131 Å². The van der Waals surface area contributed by atoms with Crippen molar-refractivity contribution in [1.29, 1.82) is 0 Å². The lowest BCUT2D eigenvalue weighted by molar-refractivity contribution is -0.118. The Morgan fingerprint density at radius 1 is 0.757 bits per heavy atom. The minimum Gasteiger partial charge on any atom is -0.484 e. The maximum atomic E-state index is 12.4. The third-order valence-corrected chi connectivity index (χ3v) is 6.36. The number of thioether (sulfide) groups is 1. The first-order valence-electron chi connectivity index (χ1n) is 11.8. The quantitative estimate of drug-likeness (QED) is 0.195. The van der Waals surface area contributed by atoms with Gasteiger partial charge >= 0.3 is 0 Å². The molecule has 0 aliphatic heterocycles. The molecule has 7 heteroatoms. The highest BCUT2D eigenvalue weighted by Gasteiger charge is 2.05. The van der Waals surface area contributed by atoms with Gasteiger partial charge in [0.1, 0.15) is 5.75 Å². The molecule has 6 nitrogen and oxygen atoms in total. The van der Waals surface area contributed by atoms with Crippen molar-refractivity contribution in [3.8, 4) is 5.75 Å². The van der Waals surface area contributed by atoms with E-state index in [2.05, 4.69) is 28.0 Å². The van der Waals surface area contributed by atoms with Gasteiger partial charge in [0, 0.05) is 22.8 Å². The lowest BCUT2D eigenvalue weighted by Gasteiger charge is -2.07. The van der Waals surface area contributed by atoms with Crippen LogP contribution in [0, 0.1) is 0 Å². The molecule has 4 rings (SSSR count). The number of hydrogen-bond donors (Lipinski definition) is 2. The fourth-order valence-corrected chi connectivity index (χ4v) is 4.32. The number of carbonyl (C=O) groups excluding carboxylic acids is 2. The largest absolute Gasteiger partial charge is 0.484 e. The van der Waals surface area contributed by atoms with Crippen molar-refractivity contribution in [2.75, 3.05) is 11.9 Å². The lowest BCUT2D eigenvalue weighted by atomic mass is 10.1. The maximum absolute atomic E-state index is 12.4. The topological polar surface area (TPSA) is 79.8 Å². The summed E-state index contributed by atoms with van der Waals surface area (Å²) < 4.78 is 5.52. The summed E-state index contributed by atoms with van der Waals surface area (Å²) in [5.74, 6) is 1.88. The summed E-state index contributed by atoms with van der Waals surface area (Å²) in [6.45, 7) is -0.0944. The van der Waals surface area contributed by atoms with Gasteiger partial charge in [-0.15, -0.1) is 0 Å².